The number of nitrogens with zero attached hydrogens (tertiary/aromatic N) is 5. The maximum Gasteiger partial charge on any atom is 0.435 e. The molecule has 38 heavy (non-hydrogen) atoms. The van der Waals surface area contributed by atoms with Gasteiger partial charge in [-0.2, -0.15) is 18.3 Å². The second-order valence-corrected chi connectivity index (χ2v) is 9.79. The third-order valence-corrected chi connectivity index (χ3v) is 6.78. The Kier molecular flexibility index (Phi) is 6.77. The minimum absolute atomic E-state index is 0.00924. The molecule has 3 aromatic heterocycles. The van der Waals surface area contributed by atoms with Crippen LogP contribution in [0.5, 0.6) is 5.75 Å². The first-order chi connectivity index (χ1) is 18.0. The number of fused-ring (bicyclic) bond motifs is 1. The molecule has 0 spiro atoms. The number of hydrogen-bond acceptors (Lipinski definition) is 5. The summed E-state index contributed by atoms with van der Waals surface area (Å²) in [6.45, 7) is 6.01. The monoisotopic (exact) mass is 543 g/mol. The van der Waals surface area contributed by atoms with Crippen LogP contribution < -0.4 is 4.74 Å². The van der Waals surface area contributed by atoms with Gasteiger partial charge in [0.25, 0.3) is 0 Å². The number of carbonyl (C=O) groups is 1. The molecular weight excluding hydrogens is 519 g/mol. The lowest BCUT2D eigenvalue weighted by Gasteiger charge is -2.27. The van der Waals surface area contributed by atoms with E-state index in [4.69, 9.17) is 16.3 Å². The molecule has 1 aromatic carbocycles. The molecule has 0 N–H and O–H groups in total. The summed E-state index contributed by atoms with van der Waals surface area (Å²) in [5.74, 6) is 0.0922. The van der Waals surface area contributed by atoms with Crippen LogP contribution in [0.4, 0.5) is 13.2 Å². The van der Waals surface area contributed by atoms with E-state index in [2.05, 4.69) is 15.1 Å². The molecule has 0 fully saturated rings. The molecule has 0 saturated heterocycles. The number of aromatic nitrogens is 5. The number of ether oxygens (including phenoxy) is 1. The van der Waals surface area contributed by atoms with E-state index in [1.165, 1.54) is 10.9 Å². The maximum atomic E-state index is 14.0. The summed E-state index contributed by atoms with van der Waals surface area (Å²) in [6.07, 6.45) is 0.381. The fourth-order valence-electron chi connectivity index (χ4n) is 4.76. The third kappa shape index (κ3) is 5.05. The Morgan fingerprint density at radius 3 is 2.55 bits per heavy atom. The van der Waals surface area contributed by atoms with Gasteiger partial charge in [-0.3, -0.25) is 9.48 Å². The first-order valence-corrected chi connectivity index (χ1v) is 12.5. The third-order valence-electron chi connectivity index (χ3n) is 6.58. The fourth-order valence-corrected chi connectivity index (χ4v) is 5.04. The highest BCUT2D eigenvalue weighted by Gasteiger charge is 2.40. The molecule has 4 heterocycles. The highest BCUT2D eigenvalue weighted by molar-refractivity contribution is 6.29. The number of halogens is 4. The van der Waals surface area contributed by atoms with Crippen molar-refractivity contribution in [2.75, 3.05) is 6.61 Å². The van der Waals surface area contributed by atoms with E-state index in [0.29, 0.717) is 29.4 Å². The maximum absolute atomic E-state index is 14.0. The quantitative estimate of drug-likeness (QED) is 0.282. The zero-order valence-corrected chi connectivity index (χ0v) is 21.8. The summed E-state index contributed by atoms with van der Waals surface area (Å²) in [5, 5.41) is 4.10. The van der Waals surface area contributed by atoms with Crippen LogP contribution >= 0.6 is 11.6 Å². The molecule has 7 nitrogen and oxygen atoms in total. The highest BCUT2D eigenvalue weighted by atomic mass is 35.5. The van der Waals surface area contributed by atoms with Gasteiger partial charge in [0.1, 0.15) is 16.7 Å². The highest BCUT2D eigenvalue weighted by Crippen LogP contribution is 2.44. The molecule has 5 rings (SSSR count). The van der Waals surface area contributed by atoms with Gasteiger partial charge in [0.05, 0.1) is 18.1 Å². The van der Waals surface area contributed by atoms with Crippen molar-refractivity contribution in [3.8, 4) is 16.9 Å². The van der Waals surface area contributed by atoms with E-state index in [1.54, 1.807) is 37.5 Å². The Morgan fingerprint density at radius 1 is 1.13 bits per heavy atom. The molecule has 1 aliphatic heterocycles. The van der Waals surface area contributed by atoms with Gasteiger partial charge in [-0.1, -0.05) is 11.6 Å². The smallest absolute Gasteiger partial charge is 0.435 e. The summed E-state index contributed by atoms with van der Waals surface area (Å²) >= 11 is 6.11. The second-order valence-electron chi connectivity index (χ2n) is 9.40. The number of imidazole rings is 1. The lowest BCUT2D eigenvalue weighted by Crippen LogP contribution is -2.30. The second kappa shape index (κ2) is 9.90. The zero-order valence-electron chi connectivity index (χ0n) is 21.0. The van der Waals surface area contributed by atoms with Crippen molar-refractivity contribution in [2.45, 2.75) is 46.5 Å². The van der Waals surface area contributed by atoms with Gasteiger partial charge in [-0.15, -0.1) is 0 Å². The summed E-state index contributed by atoms with van der Waals surface area (Å²) < 4.78 is 51.2. The summed E-state index contributed by atoms with van der Waals surface area (Å²) in [4.78, 5) is 22.3. The van der Waals surface area contributed by atoms with Crippen LogP contribution in [0.2, 0.25) is 5.15 Å². The predicted octanol–water partition coefficient (Wildman–Crippen LogP) is 5.93. The molecule has 0 bridgehead atoms. The zero-order chi connectivity index (χ0) is 27.2. The average Bonchev–Trinajstić information content (AvgIpc) is 3.46. The van der Waals surface area contributed by atoms with Crippen molar-refractivity contribution >= 4 is 17.4 Å². The van der Waals surface area contributed by atoms with Gasteiger partial charge < -0.3 is 9.30 Å². The number of ketones is 1. The van der Waals surface area contributed by atoms with Crippen LogP contribution in [0, 0.1) is 19.8 Å². The largest absolute Gasteiger partial charge is 0.491 e. The predicted molar refractivity (Wildman–Crippen MR) is 135 cm³/mol. The lowest BCUT2D eigenvalue weighted by atomic mass is 9.87. The first kappa shape index (κ1) is 26.0. The summed E-state index contributed by atoms with van der Waals surface area (Å²) in [7, 11) is 0. The van der Waals surface area contributed by atoms with Crippen molar-refractivity contribution in [3.05, 3.63) is 81.9 Å². The minimum atomic E-state index is -4.68. The molecule has 4 aromatic rings. The van der Waals surface area contributed by atoms with E-state index >= 15 is 0 Å². The number of Topliss-reactive ketones (excluding diaryl/α,β-unsaturated/α-hetero) is 1. The molecule has 0 amide bonds. The van der Waals surface area contributed by atoms with Crippen molar-refractivity contribution < 1.29 is 22.7 Å². The van der Waals surface area contributed by atoms with E-state index < -0.39 is 17.8 Å². The van der Waals surface area contributed by atoms with Crippen molar-refractivity contribution in [3.63, 3.8) is 0 Å². The Hall–Kier alpha value is -3.66. The molecule has 198 valence electrons. The Balaban J connectivity index is 1.62. The van der Waals surface area contributed by atoms with E-state index in [1.807, 2.05) is 24.5 Å². The Morgan fingerprint density at radius 2 is 1.89 bits per heavy atom. The molecule has 0 radical (unpaired) electrons. The van der Waals surface area contributed by atoms with Gasteiger partial charge in [-0.25, -0.2) is 9.97 Å². The van der Waals surface area contributed by atoms with Gasteiger partial charge >= 0.3 is 6.18 Å². The van der Waals surface area contributed by atoms with Gasteiger partial charge in [0.15, 0.2) is 11.5 Å². The van der Waals surface area contributed by atoms with Gasteiger partial charge in [0, 0.05) is 54.9 Å². The number of alkyl halides is 3. The molecule has 0 saturated carbocycles. The molecule has 1 atom stereocenters. The summed E-state index contributed by atoms with van der Waals surface area (Å²) in [6, 6.07) is 6.92. The standard InChI is InChI=1S/C27H25ClF3N5O2/c1-4-36-13-22(26(34-36)27(29,30)31)20-9-17(12-35-6-5-32-16(35)3)10-21-24(37)18(14-38-25(20)21)11-19-7-15(2)8-23(28)33-19/h5-10,13,18H,4,11-12,14H2,1-3H3/t18-/m1/s1. The van der Waals surface area contributed by atoms with Crippen LogP contribution in [0.25, 0.3) is 11.1 Å². The number of carbonyl (C=O) groups excluding carboxylic acids is 1. The van der Waals surface area contributed by atoms with Crippen molar-refractivity contribution in [1.29, 1.82) is 0 Å². The molecule has 1 aliphatic rings. The van der Waals surface area contributed by atoms with Gasteiger partial charge in [-0.05, 0) is 56.2 Å². The normalized spacial score (nSPS) is 15.4. The summed E-state index contributed by atoms with van der Waals surface area (Å²) in [5.41, 5.74) is 1.49. The average molecular weight is 544 g/mol. The molecular formula is C27H25ClF3N5O2. The lowest BCUT2D eigenvalue weighted by molar-refractivity contribution is -0.141. The van der Waals surface area contributed by atoms with Crippen LogP contribution in [-0.4, -0.2) is 36.7 Å². The van der Waals surface area contributed by atoms with Crippen molar-refractivity contribution in [2.24, 2.45) is 5.92 Å². The fraction of sp³-hybridized carbons (Fsp3) is 0.333. The number of rotatable bonds is 6. The number of hydrogen-bond donors (Lipinski definition) is 0. The number of benzene rings is 1. The topological polar surface area (TPSA) is 74.8 Å². The van der Waals surface area contributed by atoms with E-state index in [9.17, 15) is 18.0 Å². The van der Waals surface area contributed by atoms with Crippen molar-refractivity contribution in [1.82, 2.24) is 24.3 Å². The minimum Gasteiger partial charge on any atom is -0.491 e. The Labute approximate surface area is 222 Å². The molecule has 11 heteroatoms. The SMILES string of the molecule is CCn1cc(-c2cc(Cn3ccnc3C)cc3c2OC[C@@H](Cc2cc(C)cc(Cl)n2)C3=O)c(C(F)(F)F)n1. The van der Waals surface area contributed by atoms with Crippen LogP contribution in [-0.2, 0) is 25.7 Å². The van der Waals surface area contributed by atoms with E-state index in [-0.39, 0.29) is 41.4 Å². The van der Waals surface area contributed by atoms with Crippen LogP contribution in [0.15, 0.2) is 42.9 Å². The number of pyridine rings is 1. The Bertz CT molecular complexity index is 1510. The first-order valence-electron chi connectivity index (χ1n) is 12.1. The molecule has 0 unspecified atom stereocenters. The van der Waals surface area contributed by atoms with Crippen LogP contribution in [0.3, 0.4) is 0 Å². The van der Waals surface area contributed by atoms with E-state index in [0.717, 1.165) is 11.4 Å². The molecule has 0 aliphatic carbocycles. The van der Waals surface area contributed by atoms with Crippen LogP contribution in [0.1, 0.15) is 45.6 Å². The number of aryl methyl sites for hydroxylation is 3. The van der Waals surface area contributed by atoms with Gasteiger partial charge in [0.2, 0.25) is 0 Å².